The second kappa shape index (κ2) is 8.62. The van der Waals surface area contributed by atoms with Gasteiger partial charge in [0.15, 0.2) is 0 Å². The molecule has 1 aliphatic heterocycles. The molecule has 1 N–H and O–H groups in total. The van der Waals surface area contributed by atoms with Crippen LogP contribution in [0.3, 0.4) is 0 Å². The first-order chi connectivity index (χ1) is 13.6. The summed E-state index contributed by atoms with van der Waals surface area (Å²) in [6, 6.07) is 12.8. The molecule has 6 heteroatoms. The van der Waals surface area contributed by atoms with E-state index in [0.29, 0.717) is 12.5 Å². The summed E-state index contributed by atoms with van der Waals surface area (Å²) in [5, 5.41) is 3.30. The lowest BCUT2D eigenvalue weighted by atomic mass is 10.0. The summed E-state index contributed by atoms with van der Waals surface area (Å²) in [5.41, 5.74) is 2.48. The number of benzene rings is 1. The molecule has 4 rings (SSSR count). The summed E-state index contributed by atoms with van der Waals surface area (Å²) in [7, 11) is 0. The summed E-state index contributed by atoms with van der Waals surface area (Å²) >= 11 is 3.43. The van der Waals surface area contributed by atoms with Crippen LogP contribution in [0.2, 0.25) is 0 Å². The molecule has 1 unspecified atom stereocenters. The maximum Gasteiger partial charge on any atom is 0.234 e. The van der Waals surface area contributed by atoms with Crippen LogP contribution in [0.25, 0.3) is 0 Å². The lowest BCUT2D eigenvalue weighted by molar-refractivity contribution is -0.123. The second-order valence-corrected chi connectivity index (χ2v) is 8.81. The average Bonchev–Trinajstić information content (AvgIpc) is 3.53. The fraction of sp³-hybridized carbons (Fsp3) is 0.455. The molecule has 1 saturated heterocycles. The third-order valence-corrected chi connectivity index (χ3v) is 6.09. The van der Waals surface area contributed by atoms with Gasteiger partial charge in [0.1, 0.15) is 5.82 Å². The van der Waals surface area contributed by atoms with E-state index in [9.17, 15) is 4.79 Å². The van der Waals surface area contributed by atoms with Crippen LogP contribution in [-0.2, 0) is 4.79 Å². The van der Waals surface area contributed by atoms with Gasteiger partial charge in [-0.25, -0.2) is 4.98 Å². The number of rotatable bonds is 6. The Bertz CT molecular complexity index is 796. The van der Waals surface area contributed by atoms with E-state index in [4.69, 9.17) is 0 Å². The number of nitrogens with zero attached hydrogens (tertiary/aromatic N) is 3. The van der Waals surface area contributed by atoms with E-state index in [1.54, 1.807) is 0 Å². The second-order valence-electron chi connectivity index (χ2n) is 7.89. The Morgan fingerprint density at radius 1 is 1.14 bits per heavy atom. The van der Waals surface area contributed by atoms with Crippen LogP contribution in [0.5, 0.6) is 0 Å². The van der Waals surface area contributed by atoms with E-state index in [1.807, 2.05) is 18.3 Å². The molecule has 2 fully saturated rings. The minimum absolute atomic E-state index is 0.132. The number of halogens is 1. The molecule has 148 valence electrons. The number of hydrogen-bond acceptors (Lipinski definition) is 4. The number of carbonyl (C=O) groups is 1. The van der Waals surface area contributed by atoms with Gasteiger partial charge in [-0.3, -0.25) is 9.69 Å². The van der Waals surface area contributed by atoms with Crippen molar-refractivity contribution in [2.75, 3.05) is 37.6 Å². The van der Waals surface area contributed by atoms with Crippen LogP contribution < -0.4 is 10.2 Å². The molecule has 1 aliphatic carbocycles. The standard InChI is InChI=1S/C22H27BrN4O/c1-16-2-4-17(5-3-16)22(18-6-7-18)25-21(28)15-26-10-12-27(13-11-26)20-9-8-19(23)14-24-20/h2-5,8-9,14,18,22H,6-7,10-13,15H2,1H3,(H,25,28). The van der Waals surface area contributed by atoms with Crippen molar-refractivity contribution in [3.8, 4) is 0 Å². The molecular weight excluding hydrogens is 416 g/mol. The lowest BCUT2D eigenvalue weighted by Gasteiger charge is -2.35. The zero-order valence-corrected chi connectivity index (χ0v) is 17.9. The summed E-state index contributed by atoms with van der Waals surface area (Å²) in [6.07, 6.45) is 4.24. The number of nitrogens with one attached hydrogen (secondary N) is 1. The van der Waals surface area contributed by atoms with Gasteiger partial charge in [-0.05, 0) is 59.3 Å². The zero-order chi connectivity index (χ0) is 19.5. The van der Waals surface area contributed by atoms with Crippen molar-refractivity contribution in [2.45, 2.75) is 25.8 Å². The SMILES string of the molecule is Cc1ccc(C(NC(=O)CN2CCN(c3ccc(Br)cn3)CC2)C2CC2)cc1. The number of pyridine rings is 1. The molecule has 1 atom stereocenters. The maximum absolute atomic E-state index is 12.7. The number of aryl methyl sites for hydroxylation is 1. The Balaban J connectivity index is 1.29. The normalized spacial score (nSPS) is 18.7. The van der Waals surface area contributed by atoms with Gasteiger partial charge in [-0.2, -0.15) is 0 Å². The quantitative estimate of drug-likeness (QED) is 0.742. The third-order valence-electron chi connectivity index (χ3n) is 5.62. The number of amides is 1. The molecule has 28 heavy (non-hydrogen) atoms. The lowest BCUT2D eigenvalue weighted by Crippen LogP contribution is -2.50. The number of piperazine rings is 1. The molecule has 1 amide bonds. The molecule has 0 spiro atoms. The smallest absolute Gasteiger partial charge is 0.234 e. The summed E-state index contributed by atoms with van der Waals surface area (Å²) in [5.74, 6) is 1.72. The number of hydrogen-bond donors (Lipinski definition) is 1. The van der Waals surface area contributed by atoms with Crippen molar-refractivity contribution >= 4 is 27.7 Å². The van der Waals surface area contributed by atoms with Crippen molar-refractivity contribution < 1.29 is 4.79 Å². The van der Waals surface area contributed by atoms with Crippen LogP contribution in [0, 0.1) is 12.8 Å². The highest BCUT2D eigenvalue weighted by Crippen LogP contribution is 2.41. The molecule has 1 aromatic heterocycles. The first-order valence-corrected chi connectivity index (χ1v) is 10.8. The Morgan fingerprint density at radius 3 is 2.46 bits per heavy atom. The molecule has 1 saturated carbocycles. The van der Waals surface area contributed by atoms with Gasteiger partial charge in [-0.15, -0.1) is 0 Å². The molecule has 2 aliphatic rings. The monoisotopic (exact) mass is 442 g/mol. The van der Waals surface area contributed by atoms with Crippen molar-refractivity contribution in [1.82, 2.24) is 15.2 Å². The van der Waals surface area contributed by atoms with E-state index in [1.165, 1.54) is 24.0 Å². The van der Waals surface area contributed by atoms with Crippen molar-refractivity contribution in [2.24, 2.45) is 5.92 Å². The Kier molecular flexibility index (Phi) is 5.97. The van der Waals surface area contributed by atoms with Gasteiger partial charge in [0.05, 0.1) is 12.6 Å². The molecule has 2 heterocycles. The summed E-state index contributed by atoms with van der Waals surface area (Å²) in [4.78, 5) is 21.7. The highest BCUT2D eigenvalue weighted by Gasteiger charge is 2.33. The third kappa shape index (κ3) is 4.92. The van der Waals surface area contributed by atoms with E-state index in [-0.39, 0.29) is 11.9 Å². The number of carbonyl (C=O) groups excluding carboxylic acids is 1. The minimum atomic E-state index is 0.132. The number of aromatic nitrogens is 1. The molecular formula is C22H27BrN4O. The van der Waals surface area contributed by atoms with Crippen LogP contribution >= 0.6 is 15.9 Å². The first kappa shape index (κ1) is 19.4. The summed E-state index contributed by atoms with van der Waals surface area (Å²) < 4.78 is 0.991. The highest BCUT2D eigenvalue weighted by atomic mass is 79.9. The predicted molar refractivity (Wildman–Crippen MR) is 115 cm³/mol. The van der Waals surface area contributed by atoms with Crippen molar-refractivity contribution in [1.29, 1.82) is 0 Å². The molecule has 0 radical (unpaired) electrons. The van der Waals surface area contributed by atoms with E-state index in [0.717, 1.165) is 36.5 Å². The van der Waals surface area contributed by atoms with Crippen LogP contribution in [0.4, 0.5) is 5.82 Å². The zero-order valence-electron chi connectivity index (χ0n) is 16.3. The Hall–Kier alpha value is -1.92. The van der Waals surface area contributed by atoms with Gasteiger partial charge in [0, 0.05) is 36.8 Å². The predicted octanol–water partition coefficient (Wildman–Crippen LogP) is 3.54. The van der Waals surface area contributed by atoms with E-state index in [2.05, 4.69) is 67.2 Å². The molecule has 5 nitrogen and oxygen atoms in total. The van der Waals surface area contributed by atoms with Crippen LogP contribution in [-0.4, -0.2) is 48.5 Å². The molecule has 0 bridgehead atoms. The van der Waals surface area contributed by atoms with Crippen molar-refractivity contribution in [3.63, 3.8) is 0 Å². The fourth-order valence-corrected chi connectivity index (χ4v) is 4.02. The van der Waals surface area contributed by atoms with Crippen molar-refractivity contribution in [3.05, 3.63) is 58.2 Å². The van der Waals surface area contributed by atoms with Crippen LogP contribution in [0.15, 0.2) is 47.1 Å². The van der Waals surface area contributed by atoms with E-state index >= 15 is 0 Å². The highest BCUT2D eigenvalue weighted by molar-refractivity contribution is 9.10. The van der Waals surface area contributed by atoms with Gasteiger partial charge in [-0.1, -0.05) is 29.8 Å². The van der Waals surface area contributed by atoms with E-state index < -0.39 is 0 Å². The largest absolute Gasteiger partial charge is 0.354 e. The van der Waals surface area contributed by atoms with Gasteiger partial charge >= 0.3 is 0 Å². The number of anilines is 1. The Labute approximate surface area is 175 Å². The fourth-order valence-electron chi connectivity index (χ4n) is 3.79. The molecule has 2 aromatic rings. The minimum Gasteiger partial charge on any atom is -0.354 e. The van der Waals surface area contributed by atoms with Gasteiger partial charge in [0.2, 0.25) is 5.91 Å². The Morgan fingerprint density at radius 2 is 1.86 bits per heavy atom. The topological polar surface area (TPSA) is 48.5 Å². The molecule has 1 aromatic carbocycles. The van der Waals surface area contributed by atoms with Gasteiger partial charge in [0.25, 0.3) is 0 Å². The van der Waals surface area contributed by atoms with Gasteiger partial charge < -0.3 is 10.2 Å². The summed E-state index contributed by atoms with van der Waals surface area (Å²) in [6.45, 7) is 6.11. The first-order valence-electron chi connectivity index (χ1n) is 10.0. The van der Waals surface area contributed by atoms with Crippen LogP contribution in [0.1, 0.15) is 30.0 Å². The maximum atomic E-state index is 12.7. The average molecular weight is 443 g/mol.